The second-order valence-electron chi connectivity index (χ2n) is 7.40. The van der Waals surface area contributed by atoms with Gasteiger partial charge in [0, 0.05) is 28.4 Å². The van der Waals surface area contributed by atoms with E-state index in [0.717, 1.165) is 16.7 Å². The summed E-state index contributed by atoms with van der Waals surface area (Å²) in [7, 11) is 0. The van der Waals surface area contributed by atoms with Gasteiger partial charge >= 0.3 is 0 Å². The molecule has 0 aliphatic heterocycles. The average molecular weight is 435 g/mol. The molecule has 2 N–H and O–H groups in total. The topological polar surface area (TPSA) is 58.2 Å². The highest BCUT2D eigenvalue weighted by molar-refractivity contribution is 6.30. The summed E-state index contributed by atoms with van der Waals surface area (Å²) in [5, 5.41) is 6.42. The van der Waals surface area contributed by atoms with Crippen LogP contribution in [0.15, 0.2) is 72.8 Å². The standard InChI is InChI=1S/C25H20ClFN2O2/c26-19-7-11-21(12-8-19)28-24(30)13-6-16-2-1-3-18-14-22(15-23(16)18)29-25(31)17-4-9-20(27)10-5-17/h1-13,22H,14-15H2,(H,28,30)(H,29,31)/b13-6+. The summed E-state index contributed by atoms with van der Waals surface area (Å²) < 4.78 is 13.1. The van der Waals surface area contributed by atoms with Crippen molar-refractivity contribution in [3.63, 3.8) is 0 Å². The van der Waals surface area contributed by atoms with E-state index in [4.69, 9.17) is 11.6 Å². The van der Waals surface area contributed by atoms with Gasteiger partial charge in [0.2, 0.25) is 5.91 Å². The van der Waals surface area contributed by atoms with E-state index < -0.39 is 0 Å². The van der Waals surface area contributed by atoms with Crippen molar-refractivity contribution in [3.8, 4) is 0 Å². The van der Waals surface area contributed by atoms with Crippen molar-refractivity contribution in [1.29, 1.82) is 0 Å². The highest BCUT2D eigenvalue weighted by Crippen LogP contribution is 2.27. The summed E-state index contributed by atoms with van der Waals surface area (Å²) in [5.74, 6) is -0.835. The third-order valence-corrected chi connectivity index (χ3v) is 5.45. The van der Waals surface area contributed by atoms with Crippen LogP contribution < -0.4 is 10.6 Å². The second kappa shape index (κ2) is 9.14. The maximum atomic E-state index is 13.1. The monoisotopic (exact) mass is 434 g/mol. The highest BCUT2D eigenvalue weighted by atomic mass is 35.5. The van der Waals surface area contributed by atoms with E-state index in [1.807, 2.05) is 18.2 Å². The van der Waals surface area contributed by atoms with Crippen LogP contribution >= 0.6 is 11.6 Å². The lowest BCUT2D eigenvalue weighted by Crippen LogP contribution is -2.35. The molecular formula is C25H20ClFN2O2. The number of anilines is 1. The normalized spacial score (nSPS) is 15.0. The highest BCUT2D eigenvalue weighted by Gasteiger charge is 2.24. The van der Waals surface area contributed by atoms with Crippen molar-refractivity contribution < 1.29 is 14.0 Å². The number of amides is 2. The van der Waals surface area contributed by atoms with Gasteiger partial charge in [-0.15, -0.1) is 0 Å². The maximum Gasteiger partial charge on any atom is 0.251 e. The Hall–Kier alpha value is -3.44. The van der Waals surface area contributed by atoms with E-state index in [2.05, 4.69) is 10.6 Å². The molecule has 1 aliphatic rings. The Morgan fingerprint density at radius 2 is 1.71 bits per heavy atom. The van der Waals surface area contributed by atoms with E-state index in [9.17, 15) is 14.0 Å². The Morgan fingerprint density at radius 3 is 2.45 bits per heavy atom. The number of carbonyl (C=O) groups excluding carboxylic acids is 2. The Morgan fingerprint density at radius 1 is 0.968 bits per heavy atom. The minimum absolute atomic E-state index is 0.0509. The molecule has 0 aromatic heterocycles. The summed E-state index contributed by atoms with van der Waals surface area (Å²) >= 11 is 5.86. The molecule has 4 rings (SSSR count). The quantitative estimate of drug-likeness (QED) is 0.553. The van der Waals surface area contributed by atoms with E-state index in [1.165, 1.54) is 30.3 Å². The number of halogens is 2. The minimum atomic E-state index is -0.374. The van der Waals surface area contributed by atoms with Crippen LogP contribution in [0.4, 0.5) is 10.1 Å². The van der Waals surface area contributed by atoms with Crippen LogP contribution in [0.2, 0.25) is 5.02 Å². The molecular weight excluding hydrogens is 415 g/mol. The second-order valence-corrected chi connectivity index (χ2v) is 7.84. The Bertz CT molecular complexity index is 1140. The summed E-state index contributed by atoms with van der Waals surface area (Å²) in [6.45, 7) is 0. The first-order valence-electron chi connectivity index (χ1n) is 9.90. The largest absolute Gasteiger partial charge is 0.349 e. The molecule has 6 heteroatoms. The average Bonchev–Trinajstić information content (AvgIpc) is 3.17. The summed E-state index contributed by atoms with van der Waals surface area (Å²) in [6, 6.07) is 18.3. The fourth-order valence-electron chi connectivity index (χ4n) is 3.69. The number of fused-ring (bicyclic) bond motifs is 1. The lowest BCUT2D eigenvalue weighted by molar-refractivity contribution is -0.111. The van der Waals surface area contributed by atoms with Gasteiger partial charge in [0.05, 0.1) is 0 Å². The predicted octanol–water partition coefficient (Wildman–Crippen LogP) is 5.03. The van der Waals surface area contributed by atoms with Gasteiger partial charge in [-0.05, 0) is 84.1 Å². The Kier molecular flexibility index (Phi) is 6.14. The lowest BCUT2D eigenvalue weighted by Gasteiger charge is -2.12. The maximum absolute atomic E-state index is 13.1. The molecule has 0 saturated heterocycles. The molecule has 1 unspecified atom stereocenters. The fraction of sp³-hybridized carbons (Fsp3) is 0.120. The molecule has 0 bridgehead atoms. The molecule has 156 valence electrons. The van der Waals surface area contributed by atoms with Gasteiger partial charge in [-0.25, -0.2) is 4.39 Å². The smallest absolute Gasteiger partial charge is 0.251 e. The predicted molar refractivity (Wildman–Crippen MR) is 121 cm³/mol. The van der Waals surface area contributed by atoms with Crippen LogP contribution in [0.5, 0.6) is 0 Å². The number of nitrogens with one attached hydrogen (secondary N) is 2. The summed E-state index contributed by atoms with van der Waals surface area (Å²) in [4.78, 5) is 24.7. The Balaban J connectivity index is 1.41. The van der Waals surface area contributed by atoms with Gasteiger partial charge < -0.3 is 10.6 Å². The van der Waals surface area contributed by atoms with Gasteiger partial charge in [-0.2, -0.15) is 0 Å². The van der Waals surface area contributed by atoms with Crippen LogP contribution in [-0.4, -0.2) is 17.9 Å². The van der Waals surface area contributed by atoms with Crippen molar-refractivity contribution in [2.75, 3.05) is 5.32 Å². The first-order chi connectivity index (χ1) is 15.0. The molecule has 0 saturated carbocycles. The van der Waals surface area contributed by atoms with E-state index >= 15 is 0 Å². The minimum Gasteiger partial charge on any atom is -0.349 e. The zero-order chi connectivity index (χ0) is 21.8. The molecule has 0 spiro atoms. The molecule has 0 fully saturated rings. The first-order valence-corrected chi connectivity index (χ1v) is 10.3. The summed E-state index contributed by atoms with van der Waals surface area (Å²) in [6.07, 6.45) is 4.66. The third kappa shape index (κ3) is 5.19. The number of benzene rings is 3. The van der Waals surface area contributed by atoms with Crippen molar-refractivity contribution in [2.24, 2.45) is 0 Å². The number of carbonyl (C=O) groups is 2. The van der Waals surface area contributed by atoms with E-state index in [-0.39, 0.29) is 23.7 Å². The van der Waals surface area contributed by atoms with Crippen LogP contribution in [0, 0.1) is 5.82 Å². The van der Waals surface area contributed by atoms with Crippen molar-refractivity contribution in [1.82, 2.24) is 5.32 Å². The van der Waals surface area contributed by atoms with Gasteiger partial charge in [0.25, 0.3) is 5.91 Å². The summed E-state index contributed by atoms with van der Waals surface area (Å²) in [5.41, 5.74) is 4.30. The number of hydrogen-bond donors (Lipinski definition) is 2. The van der Waals surface area contributed by atoms with E-state index in [1.54, 1.807) is 30.3 Å². The first kappa shape index (κ1) is 20.8. The molecule has 1 aliphatic carbocycles. The molecule has 0 radical (unpaired) electrons. The number of hydrogen-bond acceptors (Lipinski definition) is 2. The van der Waals surface area contributed by atoms with Crippen molar-refractivity contribution in [2.45, 2.75) is 18.9 Å². The molecule has 31 heavy (non-hydrogen) atoms. The van der Waals surface area contributed by atoms with Crippen LogP contribution in [0.25, 0.3) is 6.08 Å². The van der Waals surface area contributed by atoms with Gasteiger partial charge in [-0.3, -0.25) is 9.59 Å². The molecule has 4 nitrogen and oxygen atoms in total. The number of rotatable bonds is 5. The van der Waals surface area contributed by atoms with Crippen LogP contribution in [-0.2, 0) is 17.6 Å². The van der Waals surface area contributed by atoms with Crippen LogP contribution in [0.3, 0.4) is 0 Å². The SMILES string of the molecule is O=C(/C=C/c1cccc2c1CC(NC(=O)c1ccc(F)cc1)C2)Nc1ccc(Cl)cc1. The third-order valence-electron chi connectivity index (χ3n) is 5.19. The molecule has 0 heterocycles. The molecule has 2 amide bonds. The fourth-order valence-corrected chi connectivity index (χ4v) is 3.82. The lowest BCUT2D eigenvalue weighted by atomic mass is 10.0. The van der Waals surface area contributed by atoms with Gasteiger partial charge in [0.1, 0.15) is 5.82 Å². The van der Waals surface area contributed by atoms with Crippen molar-refractivity contribution in [3.05, 3.63) is 106 Å². The van der Waals surface area contributed by atoms with Crippen molar-refractivity contribution >= 4 is 35.2 Å². The van der Waals surface area contributed by atoms with Gasteiger partial charge in [-0.1, -0.05) is 29.8 Å². The van der Waals surface area contributed by atoms with Crippen LogP contribution in [0.1, 0.15) is 27.0 Å². The van der Waals surface area contributed by atoms with E-state index in [0.29, 0.717) is 29.1 Å². The molecule has 3 aromatic rings. The Labute approximate surface area is 184 Å². The van der Waals surface area contributed by atoms with Gasteiger partial charge in [0.15, 0.2) is 0 Å². The zero-order valence-corrected chi connectivity index (χ0v) is 17.3. The molecule has 1 atom stereocenters. The molecule has 3 aromatic carbocycles. The zero-order valence-electron chi connectivity index (χ0n) is 16.6.